The number of alkyl halides is 3. The van der Waals surface area contributed by atoms with Crippen molar-refractivity contribution in [3.05, 3.63) is 83.9 Å². The molecule has 0 aliphatic carbocycles. The fourth-order valence-corrected chi connectivity index (χ4v) is 6.12. The minimum atomic E-state index is -4.83. The lowest BCUT2D eigenvalue weighted by molar-refractivity contribution is -0.139. The smallest absolute Gasteiger partial charge is 0.336 e. The fourth-order valence-electron chi connectivity index (χ4n) is 3.89. The molecule has 3 aromatic heterocycles. The molecule has 0 fully saturated rings. The molecule has 0 radical (unpaired) electrons. The molecule has 1 amide bonds. The topological polar surface area (TPSA) is 92.3 Å². The van der Waals surface area contributed by atoms with Crippen molar-refractivity contribution >= 4 is 33.0 Å². The first-order valence-electron chi connectivity index (χ1n) is 10.5. The van der Waals surface area contributed by atoms with E-state index in [0.717, 1.165) is 39.1 Å². The number of hydrogen-bond donors (Lipinski definition) is 1. The highest BCUT2D eigenvalue weighted by Gasteiger charge is 2.37. The quantitative estimate of drug-likeness (QED) is 0.379. The largest absolute Gasteiger partial charge is 0.417 e. The van der Waals surface area contributed by atoms with Crippen molar-refractivity contribution in [2.75, 3.05) is 11.8 Å². The second kappa shape index (κ2) is 8.71. The van der Waals surface area contributed by atoms with Crippen molar-refractivity contribution in [1.29, 1.82) is 0 Å². The number of rotatable bonds is 5. The van der Waals surface area contributed by atoms with E-state index in [-0.39, 0.29) is 11.6 Å². The van der Waals surface area contributed by atoms with E-state index in [1.807, 2.05) is 18.2 Å². The van der Waals surface area contributed by atoms with E-state index in [1.165, 1.54) is 35.9 Å². The summed E-state index contributed by atoms with van der Waals surface area (Å²) in [5.41, 5.74) is 1.48. The van der Waals surface area contributed by atoms with Crippen LogP contribution in [-0.4, -0.2) is 36.2 Å². The summed E-state index contributed by atoms with van der Waals surface area (Å²) in [6, 6.07) is 11.1. The van der Waals surface area contributed by atoms with Crippen LogP contribution in [0.5, 0.6) is 0 Å². The van der Waals surface area contributed by atoms with E-state index in [4.69, 9.17) is 0 Å². The van der Waals surface area contributed by atoms with Gasteiger partial charge in [-0.05, 0) is 36.4 Å². The van der Waals surface area contributed by atoms with Crippen LogP contribution in [0.15, 0.2) is 72.0 Å². The van der Waals surface area contributed by atoms with Crippen LogP contribution < -0.4 is 4.72 Å². The summed E-state index contributed by atoms with van der Waals surface area (Å²) in [5.74, 6) is -0.119. The van der Waals surface area contributed by atoms with Crippen LogP contribution in [0.1, 0.15) is 21.6 Å². The number of carbonyl (C=O) groups is 1. The first-order valence-corrected chi connectivity index (χ1v) is 12.8. The molecule has 12 heteroatoms. The molecular weight excluding hydrogens is 513 g/mol. The summed E-state index contributed by atoms with van der Waals surface area (Å²) in [4.78, 5) is 22.8. The zero-order chi connectivity index (χ0) is 25.7. The Hall–Kier alpha value is -3.77. The van der Waals surface area contributed by atoms with Gasteiger partial charge in [0.15, 0.2) is 0 Å². The summed E-state index contributed by atoms with van der Waals surface area (Å²) in [7, 11) is -2.81. The van der Waals surface area contributed by atoms with Crippen LogP contribution in [0.2, 0.25) is 0 Å². The first kappa shape index (κ1) is 23.9. The Kier molecular flexibility index (Phi) is 5.80. The molecule has 184 valence electrons. The average molecular weight is 531 g/mol. The molecule has 0 spiro atoms. The molecule has 0 unspecified atom stereocenters. The molecule has 0 saturated carbocycles. The van der Waals surface area contributed by atoms with Crippen LogP contribution in [0.3, 0.4) is 0 Å². The van der Waals surface area contributed by atoms with E-state index in [1.54, 1.807) is 18.1 Å². The van der Waals surface area contributed by atoms with Gasteiger partial charge in [0.2, 0.25) is 0 Å². The third-order valence-corrected chi connectivity index (χ3v) is 8.19. The van der Waals surface area contributed by atoms with Gasteiger partial charge in [-0.15, -0.1) is 11.3 Å². The van der Waals surface area contributed by atoms with Gasteiger partial charge >= 0.3 is 6.18 Å². The molecule has 7 nitrogen and oxygen atoms in total. The molecule has 1 N–H and O–H groups in total. The van der Waals surface area contributed by atoms with Crippen molar-refractivity contribution in [3.8, 4) is 20.9 Å². The number of amides is 1. The van der Waals surface area contributed by atoms with E-state index in [9.17, 15) is 26.4 Å². The zero-order valence-corrected chi connectivity index (χ0v) is 20.2. The molecule has 36 heavy (non-hydrogen) atoms. The number of sulfonamides is 1. The summed E-state index contributed by atoms with van der Waals surface area (Å²) in [6.45, 7) is 0.483. The standard InChI is InChI=1S/C24H17F3N4O3S2/c1-31-13-16-8-14(11-29-22(16)23(31)32)19-6-7-20(35-19)15-9-17(12-28-10-15)30-36(33,34)21-5-3-2-4-18(21)24(25,26)27/h2-12,30H,13H2,1H3. The van der Waals surface area contributed by atoms with Gasteiger partial charge in [-0.2, -0.15) is 13.2 Å². The van der Waals surface area contributed by atoms with Gasteiger partial charge in [-0.1, -0.05) is 12.1 Å². The Balaban J connectivity index is 1.42. The van der Waals surface area contributed by atoms with Crippen LogP contribution in [0.25, 0.3) is 20.9 Å². The molecular formula is C24H17F3N4O3S2. The predicted molar refractivity (Wildman–Crippen MR) is 129 cm³/mol. The monoisotopic (exact) mass is 530 g/mol. The van der Waals surface area contributed by atoms with Gasteiger partial charge in [0.05, 0.1) is 22.3 Å². The third kappa shape index (κ3) is 4.44. The van der Waals surface area contributed by atoms with Crippen LogP contribution >= 0.6 is 11.3 Å². The van der Waals surface area contributed by atoms with Gasteiger partial charge in [0.1, 0.15) is 5.69 Å². The third-order valence-electron chi connectivity index (χ3n) is 5.57. The Bertz CT molecular complexity index is 1600. The number of thiophene rings is 1. The molecule has 4 heterocycles. The van der Waals surface area contributed by atoms with Crippen molar-refractivity contribution < 1.29 is 26.4 Å². The summed E-state index contributed by atoms with van der Waals surface area (Å²) >= 11 is 1.41. The maximum absolute atomic E-state index is 13.3. The number of hydrogen-bond acceptors (Lipinski definition) is 6. The highest BCUT2D eigenvalue weighted by Crippen LogP contribution is 2.37. The Morgan fingerprint density at radius 1 is 1.00 bits per heavy atom. The van der Waals surface area contributed by atoms with Crippen molar-refractivity contribution in [2.24, 2.45) is 0 Å². The SMILES string of the molecule is CN1Cc2cc(-c3ccc(-c4cncc(NS(=O)(=O)c5ccccc5C(F)(F)F)c4)s3)cnc2C1=O. The predicted octanol–water partition coefficient (Wildman–Crippen LogP) is 5.28. The molecule has 4 aromatic rings. The highest BCUT2D eigenvalue weighted by molar-refractivity contribution is 7.92. The zero-order valence-electron chi connectivity index (χ0n) is 18.6. The van der Waals surface area contributed by atoms with E-state index < -0.39 is 26.7 Å². The molecule has 0 saturated heterocycles. The van der Waals surface area contributed by atoms with Crippen molar-refractivity contribution in [3.63, 3.8) is 0 Å². The van der Waals surface area contributed by atoms with E-state index >= 15 is 0 Å². The highest BCUT2D eigenvalue weighted by atomic mass is 32.2. The summed E-state index contributed by atoms with van der Waals surface area (Å²) in [5, 5.41) is 0. The van der Waals surface area contributed by atoms with Crippen LogP contribution in [0, 0.1) is 0 Å². The molecule has 0 atom stereocenters. The van der Waals surface area contributed by atoms with E-state index in [0.29, 0.717) is 17.8 Å². The molecule has 0 bridgehead atoms. The van der Waals surface area contributed by atoms with Gasteiger partial charge in [-0.3, -0.25) is 19.5 Å². The van der Waals surface area contributed by atoms with Gasteiger partial charge in [-0.25, -0.2) is 8.42 Å². The average Bonchev–Trinajstić information content (AvgIpc) is 3.43. The van der Waals surface area contributed by atoms with Crippen molar-refractivity contribution in [1.82, 2.24) is 14.9 Å². The lowest BCUT2D eigenvalue weighted by Gasteiger charge is -2.14. The molecule has 5 rings (SSSR count). The number of aromatic nitrogens is 2. The second-order valence-corrected chi connectivity index (χ2v) is 10.9. The number of halogens is 3. The van der Waals surface area contributed by atoms with E-state index in [2.05, 4.69) is 14.7 Å². The van der Waals surface area contributed by atoms with Crippen LogP contribution in [0.4, 0.5) is 18.9 Å². The van der Waals surface area contributed by atoms with Crippen LogP contribution in [-0.2, 0) is 22.7 Å². The number of anilines is 1. The maximum Gasteiger partial charge on any atom is 0.417 e. The van der Waals surface area contributed by atoms with Gasteiger partial charge < -0.3 is 4.90 Å². The lowest BCUT2D eigenvalue weighted by Crippen LogP contribution is -2.19. The van der Waals surface area contributed by atoms with Crippen molar-refractivity contribution in [2.45, 2.75) is 17.6 Å². The first-order chi connectivity index (χ1) is 17.0. The number of pyridine rings is 2. The molecule has 1 aliphatic heterocycles. The normalized spacial score (nSPS) is 13.7. The van der Waals surface area contributed by atoms with Gasteiger partial charge in [0, 0.05) is 52.4 Å². The summed E-state index contributed by atoms with van der Waals surface area (Å²) < 4.78 is 67.7. The lowest BCUT2D eigenvalue weighted by atomic mass is 10.1. The number of nitrogens with one attached hydrogen (secondary N) is 1. The minimum absolute atomic E-state index is 0.0279. The number of nitrogens with zero attached hydrogens (tertiary/aromatic N) is 3. The Morgan fingerprint density at radius 2 is 1.69 bits per heavy atom. The number of fused-ring (bicyclic) bond motifs is 1. The van der Waals surface area contributed by atoms with Gasteiger partial charge in [0.25, 0.3) is 15.9 Å². The maximum atomic E-state index is 13.3. The molecule has 1 aliphatic rings. The summed E-state index contributed by atoms with van der Waals surface area (Å²) in [6.07, 6.45) is -0.435. The fraction of sp³-hybridized carbons (Fsp3) is 0.125. The number of carbonyl (C=O) groups excluding carboxylic acids is 1. The Labute approximate surface area is 208 Å². The second-order valence-electron chi connectivity index (χ2n) is 8.12. The number of benzene rings is 1. The molecule has 1 aromatic carbocycles. The Morgan fingerprint density at radius 3 is 2.42 bits per heavy atom. The minimum Gasteiger partial charge on any atom is -0.336 e.